The van der Waals surface area contributed by atoms with E-state index in [-0.39, 0.29) is 32.7 Å². The lowest BCUT2D eigenvalue weighted by molar-refractivity contribution is -0.384. The minimum atomic E-state index is -0.625. The van der Waals surface area contributed by atoms with Gasteiger partial charge in [0, 0.05) is 25.2 Å². The van der Waals surface area contributed by atoms with Crippen molar-refractivity contribution in [1.82, 2.24) is 4.90 Å². The van der Waals surface area contributed by atoms with Crippen LogP contribution < -0.4 is 5.32 Å². The molecule has 0 bridgehead atoms. The topological polar surface area (TPSA) is 116 Å². The van der Waals surface area contributed by atoms with Crippen LogP contribution in [0.3, 0.4) is 0 Å². The lowest BCUT2D eigenvalue weighted by Gasteiger charge is -2.17. The van der Waals surface area contributed by atoms with Crippen molar-refractivity contribution in [1.29, 1.82) is 5.26 Å². The number of hydrogen-bond acceptors (Lipinski definition) is 6. The monoisotopic (exact) mass is 420 g/mol. The van der Waals surface area contributed by atoms with Gasteiger partial charge in [-0.3, -0.25) is 19.7 Å². The van der Waals surface area contributed by atoms with E-state index in [9.17, 15) is 25.0 Å². The Kier molecular flexibility index (Phi) is 6.72. The molecule has 0 unspecified atom stereocenters. The van der Waals surface area contributed by atoms with Gasteiger partial charge in [0.25, 0.3) is 17.5 Å². The lowest BCUT2D eigenvalue weighted by atomic mass is 10.1. The normalized spacial score (nSPS) is 10.2. The van der Waals surface area contributed by atoms with E-state index in [0.717, 1.165) is 17.4 Å². The molecule has 0 saturated heterocycles. The number of nitriles is 1. The van der Waals surface area contributed by atoms with E-state index >= 15 is 0 Å². The number of halogens is 1. The quantitative estimate of drug-likeness (QED) is 0.554. The number of nitrogens with zero attached hydrogens (tertiary/aromatic N) is 3. The van der Waals surface area contributed by atoms with E-state index in [2.05, 4.69) is 5.32 Å². The van der Waals surface area contributed by atoms with E-state index in [1.807, 2.05) is 19.9 Å². The van der Waals surface area contributed by atoms with Crippen LogP contribution in [0.1, 0.15) is 45.0 Å². The SMILES string of the molecule is CCN(CC)C(=O)c1sc(NC(=O)c2ccc([N+](=O)[O-])cc2Cl)c(C#N)c1C. The molecule has 0 saturated carbocycles. The van der Waals surface area contributed by atoms with Crippen LogP contribution in [0.4, 0.5) is 10.7 Å². The van der Waals surface area contributed by atoms with Gasteiger partial charge in [0.05, 0.1) is 25.9 Å². The molecule has 0 aliphatic rings. The highest BCUT2D eigenvalue weighted by molar-refractivity contribution is 7.18. The molecule has 1 aromatic carbocycles. The lowest BCUT2D eigenvalue weighted by Crippen LogP contribution is -2.30. The van der Waals surface area contributed by atoms with Crippen LogP contribution >= 0.6 is 22.9 Å². The van der Waals surface area contributed by atoms with Crippen LogP contribution in [0.25, 0.3) is 0 Å². The van der Waals surface area contributed by atoms with Gasteiger partial charge in [-0.15, -0.1) is 11.3 Å². The summed E-state index contributed by atoms with van der Waals surface area (Å²) in [6.07, 6.45) is 0. The molecule has 0 radical (unpaired) electrons. The Hall–Kier alpha value is -2.96. The Bertz CT molecular complexity index is 992. The number of nitrogens with one attached hydrogen (secondary N) is 1. The molecular weight excluding hydrogens is 404 g/mol. The maximum Gasteiger partial charge on any atom is 0.270 e. The second kappa shape index (κ2) is 8.82. The first kappa shape index (κ1) is 21.3. The van der Waals surface area contributed by atoms with Gasteiger partial charge in [0.2, 0.25) is 0 Å². The number of benzene rings is 1. The van der Waals surface area contributed by atoms with E-state index in [4.69, 9.17) is 11.6 Å². The maximum absolute atomic E-state index is 12.6. The van der Waals surface area contributed by atoms with E-state index in [0.29, 0.717) is 23.5 Å². The maximum atomic E-state index is 12.6. The molecule has 2 aromatic rings. The summed E-state index contributed by atoms with van der Waals surface area (Å²) in [5.74, 6) is -0.836. The Morgan fingerprint density at radius 2 is 2.00 bits per heavy atom. The summed E-state index contributed by atoms with van der Waals surface area (Å²) in [4.78, 5) is 37.4. The molecule has 28 heavy (non-hydrogen) atoms. The van der Waals surface area contributed by atoms with Gasteiger partial charge in [-0.25, -0.2) is 0 Å². The van der Waals surface area contributed by atoms with Gasteiger partial charge in [0.15, 0.2) is 0 Å². The number of non-ortho nitro benzene ring substituents is 1. The standard InChI is InChI=1S/C18H17ClN4O4S/c1-4-22(5-2)18(25)15-10(3)13(9-20)17(28-15)21-16(24)12-7-6-11(23(26)27)8-14(12)19/h6-8H,4-5H2,1-3H3,(H,21,24). The Morgan fingerprint density at radius 1 is 1.36 bits per heavy atom. The van der Waals surface area contributed by atoms with E-state index in [1.54, 1.807) is 11.8 Å². The number of nitro groups is 1. The van der Waals surface area contributed by atoms with Crippen molar-refractivity contribution >= 4 is 45.4 Å². The number of rotatable bonds is 6. The number of carbonyl (C=O) groups is 2. The molecule has 1 aromatic heterocycles. The third kappa shape index (κ3) is 4.13. The largest absolute Gasteiger partial charge is 0.338 e. The Morgan fingerprint density at radius 3 is 2.50 bits per heavy atom. The Labute approximate surface area is 170 Å². The zero-order valence-electron chi connectivity index (χ0n) is 15.4. The smallest absolute Gasteiger partial charge is 0.270 e. The van der Waals surface area contributed by atoms with Crippen LogP contribution in [0.2, 0.25) is 5.02 Å². The van der Waals surface area contributed by atoms with Crippen molar-refractivity contribution in [3.05, 3.63) is 54.9 Å². The van der Waals surface area contributed by atoms with Crippen LogP contribution in [-0.4, -0.2) is 34.7 Å². The molecule has 0 spiro atoms. The highest BCUT2D eigenvalue weighted by Gasteiger charge is 2.25. The van der Waals surface area contributed by atoms with Crippen molar-refractivity contribution in [2.45, 2.75) is 20.8 Å². The van der Waals surface area contributed by atoms with E-state index in [1.165, 1.54) is 12.1 Å². The highest BCUT2D eigenvalue weighted by Crippen LogP contribution is 2.34. The highest BCUT2D eigenvalue weighted by atomic mass is 35.5. The van der Waals surface area contributed by atoms with Crippen molar-refractivity contribution in [3.63, 3.8) is 0 Å². The minimum Gasteiger partial charge on any atom is -0.338 e. The summed E-state index contributed by atoms with van der Waals surface area (Å²) < 4.78 is 0. The third-order valence-corrected chi connectivity index (χ3v) is 5.65. The van der Waals surface area contributed by atoms with Crippen LogP contribution in [0.15, 0.2) is 18.2 Å². The fourth-order valence-corrected chi connectivity index (χ4v) is 3.95. The molecule has 1 N–H and O–H groups in total. The number of anilines is 1. The molecule has 2 amide bonds. The fraction of sp³-hybridized carbons (Fsp3) is 0.278. The Balaban J connectivity index is 2.38. The van der Waals surface area contributed by atoms with E-state index < -0.39 is 10.8 Å². The van der Waals surface area contributed by atoms with Gasteiger partial charge in [0.1, 0.15) is 11.1 Å². The van der Waals surface area contributed by atoms with Gasteiger partial charge in [-0.2, -0.15) is 5.26 Å². The summed E-state index contributed by atoms with van der Waals surface area (Å²) >= 11 is 7.00. The van der Waals surface area contributed by atoms with Crippen LogP contribution in [0, 0.1) is 28.4 Å². The van der Waals surface area contributed by atoms with Crippen LogP contribution in [0.5, 0.6) is 0 Å². The zero-order valence-corrected chi connectivity index (χ0v) is 17.0. The van der Waals surface area contributed by atoms with Crippen molar-refractivity contribution in [2.75, 3.05) is 18.4 Å². The van der Waals surface area contributed by atoms with Gasteiger partial charge in [-0.1, -0.05) is 11.6 Å². The van der Waals surface area contributed by atoms with Gasteiger partial charge >= 0.3 is 0 Å². The molecule has 146 valence electrons. The molecule has 10 heteroatoms. The molecule has 0 atom stereocenters. The number of hydrogen-bond donors (Lipinski definition) is 1. The third-order valence-electron chi connectivity index (χ3n) is 4.14. The molecule has 0 aliphatic carbocycles. The predicted octanol–water partition coefficient (Wildman–Crippen LogP) is 4.22. The first-order chi connectivity index (χ1) is 13.2. The average molecular weight is 421 g/mol. The molecular formula is C18H17ClN4O4S. The summed E-state index contributed by atoms with van der Waals surface area (Å²) in [7, 11) is 0. The zero-order chi connectivity index (χ0) is 21.0. The first-order valence-electron chi connectivity index (χ1n) is 8.33. The summed E-state index contributed by atoms with van der Waals surface area (Å²) in [6.45, 7) is 6.41. The van der Waals surface area contributed by atoms with Gasteiger partial charge < -0.3 is 10.2 Å². The number of amides is 2. The number of carbonyl (C=O) groups excluding carboxylic acids is 2. The van der Waals surface area contributed by atoms with Crippen molar-refractivity contribution in [2.24, 2.45) is 0 Å². The number of thiophene rings is 1. The summed E-state index contributed by atoms with van der Waals surface area (Å²) in [6, 6.07) is 5.50. The van der Waals surface area contributed by atoms with Crippen LogP contribution in [-0.2, 0) is 0 Å². The summed E-state index contributed by atoms with van der Waals surface area (Å²) in [5, 5.41) is 23.0. The molecule has 0 fully saturated rings. The average Bonchev–Trinajstić information content (AvgIpc) is 2.97. The predicted molar refractivity (Wildman–Crippen MR) is 107 cm³/mol. The first-order valence-corrected chi connectivity index (χ1v) is 9.52. The molecule has 2 rings (SSSR count). The van der Waals surface area contributed by atoms with Crippen molar-refractivity contribution < 1.29 is 14.5 Å². The fourth-order valence-electron chi connectivity index (χ4n) is 2.57. The van der Waals surface area contributed by atoms with Gasteiger partial charge in [-0.05, 0) is 32.4 Å². The second-order valence-corrected chi connectivity index (χ2v) is 7.15. The molecule has 8 nitrogen and oxygen atoms in total. The molecule has 1 heterocycles. The van der Waals surface area contributed by atoms with Crippen molar-refractivity contribution in [3.8, 4) is 6.07 Å². The summed E-state index contributed by atoms with van der Waals surface area (Å²) in [5.41, 5.74) is 0.485. The minimum absolute atomic E-state index is 0.0267. The second-order valence-electron chi connectivity index (χ2n) is 5.72. The number of nitro benzene ring substituents is 1. The molecule has 0 aliphatic heterocycles.